The molecule has 1 unspecified atom stereocenters. The van der Waals surface area contributed by atoms with E-state index < -0.39 is 6.04 Å². The molecule has 0 aliphatic carbocycles. The molecule has 25 heavy (non-hydrogen) atoms. The molecular formula is C20H22N2O3. The van der Waals surface area contributed by atoms with Gasteiger partial charge in [0.15, 0.2) is 6.61 Å². The van der Waals surface area contributed by atoms with Gasteiger partial charge in [0.2, 0.25) is 5.91 Å². The number of hydrogen-bond donors (Lipinski definition) is 1. The number of carbonyl (C=O) groups excluding carboxylic acids is 2. The minimum Gasteiger partial charge on any atom is -0.484 e. The standard InChI is InChI=1S/C20H22N2O3/c1-14-3-7-16(8-4-14)19-20(24)21-11-12-22(19)18(23)13-25-17-9-5-15(2)6-10-17/h3-10,19H,11-13H2,1-2H3,(H,21,24). The summed E-state index contributed by atoms with van der Waals surface area (Å²) in [4.78, 5) is 26.6. The Hall–Kier alpha value is -2.82. The van der Waals surface area contributed by atoms with Crippen molar-refractivity contribution in [2.45, 2.75) is 19.9 Å². The summed E-state index contributed by atoms with van der Waals surface area (Å²) in [5.41, 5.74) is 3.05. The van der Waals surface area contributed by atoms with E-state index in [4.69, 9.17) is 4.74 Å². The first-order valence-corrected chi connectivity index (χ1v) is 8.38. The van der Waals surface area contributed by atoms with Crippen LogP contribution in [-0.4, -0.2) is 36.4 Å². The minimum atomic E-state index is -0.608. The van der Waals surface area contributed by atoms with Crippen LogP contribution < -0.4 is 10.1 Å². The van der Waals surface area contributed by atoms with Crippen molar-refractivity contribution in [1.82, 2.24) is 10.2 Å². The summed E-state index contributed by atoms with van der Waals surface area (Å²) in [7, 11) is 0. The highest BCUT2D eigenvalue weighted by molar-refractivity contribution is 5.90. The van der Waals surface area contributed by atoms with E-state index in [9.17, 15) is 9.59 Å². The number of piperazine rings is 1. The highest BCUT2D eigenvalue weighted by Crippen LogP contribution is 2.24. The summed E-state index contributed by atoms with van der Waals surface area (Å²) in [6.45, 7) is 4.83. The van der Waals surface area contributed by atoms with Crippen LogP contribution in [-0.2, 0) is 9.59 Å². The fraction of sp³-hybridized carbons (Fsp3) is 0.300. The molecule has 130 valence electrons. The van der Waals surface area contributed by atoms with Crippen molar-refractivity contribution in [3.63, 3.8) is 0 Å². The number of nitrogens with zero attached hydrogens (tertiary/aromatic N) is 1. The average molecular weight is 338 g/mol. The molecule has 2 aromatic rings. The first-order valence-electron chi connectivity index (χ1n) is 8.38. The Balaban J connectivity index is 1.73. The molecule has 1 heterocycles. The van der Waals surface area contributed by atoms with Gasteiger partial charge in [0.05, 0.1) is 0 Å². The predicted octanol–water partition coefficient (Wildman–Crippen LogP) is 2.38. The lowest BCUT2D eigenvalue weighted by Crippen LogP contribution is -2.53. The van der Waals surface area contributed by atoms with E-state index in [1.165, 1.54) is 0 Å². The molecule has 0 saturated carbocycles. The second-order valence-electron chi connectivity index (χ2n) is 6.29. The first kappa shape index (κ1) is 17.0. The molecule has 1 atom stereocenters. The summed E-state index contributed by atoms with van der Waals surface area (Å²) in [6, 6.07) is 14.6. The Kier molecular flexibility index (Phi) is 5.03. The summed E-state index contributed by atoms with van der Waals surface area (Å²) in [5.74, 6) is 0.298. The average Bonchev–Trinajstić information content (AvgIpc) is 2.62. The topological polar surface area (TPSA) is 58.6 Å². The van der Waals surface area contributed by atoms with E-state index in [1.54, 1.807) is 4.90 Å². The van der Waals surface area contributed by atoms with Crippen LogP contribution >= 0.6 is 0 Å². The predicted molar refractivity (Wildman–Crippen MR) is 95.3 cm³/mol. The number of ether oxygens (including phenoxy) is 1. The van der Waals surface area contributed by atoms with E-state index in [0.29, 0.717) is 18.8 Å². The van der Waals surface area contributed by atoms with Crippen LogP contribution in [0.2, 0.25) is 0 Å². The molecule has 0 spiro atoms. The van der Waals surface area contributed by atoms with E-state index in [-0.39, 0.29) is 18.4 Å². The van der Waals surface area contributed by atoms with Gasteiger partial charge in [-0.25, -0.2) is 0 Å². The van der Waals surface area contributed by atoms with Crippen molar-refractivity contribution < 1.29 is 14.3 Å². The van der Waals surface area contributed by atoms with Gasteiger partial charge in [0.1, 0.15) is 11.8 Å². The molecule has 3 rings (SSSR count). The molecule has 1 saturated heterocycles. The third-order valence-corrected chi connectivity index (χ3v) is 4.31. The quantitative estimate of drug-likeness (QED) is 0.931. The zero-order valence-corrected chi connectivity index (χ0v) is 14.5. The highest BCUT2D eigenvalue weighted by atomic mass is 16.5. The van der Waals surface area contributed by atoms with Gasteiger partial charge in [-0.15, -0.1) is 0 Å². The Labute approximate surface area is 147 Å². The Bertz CT molecular complexity index is 754. The number of hydrogen-bond acceptors (Lipinski definition) is 3. The third kappa shape index (κ3) is 3.99. The van der Waals surface area contributed by atoms with E-state index in [2.05, 4.69) is 5.32 Å². The number of carbonyl (C=O) groups is 2. The maximum Gasteiger partial charge on any atom is 0.261 e. The largest absolute Gasteiger partial charge is 0.484 e. The zero-order chi connectivity index (χ0) is 17.8. The molecule has 5 nitrogen and oxygen atoms in total. The van der Waals surface area contributed by atoms with Crippen LogP contribution in [0.4, 0.5) is 0 Å². The molecule has 2 aromatic carbocycles. The fourth-order valence-corrected chi connectivity index (χ4v) is 2.88. The Morgan fingerprint density at radius 3 is 2.32 bits per heavy atom. The number of rotatable bonds is 4. The molecule has 2 amide bonds. The molecule has 0 bridgehead atoms. The molecule has 5 heteroatoms. The van der Waals surface area contributed by atoms with Gasteiger partial charge in [-0.1, -0.05) is 47.5 Å². The lowest BCUT2D eigenvalue weighted by molar-refractivity contribution is -0.145. The lowest BCUT2D eigenvalue weighted by Gasteiger charge is -2.35. The smallest absolute Gasteiger partial charge is 0.261 e. The van der Waals surface area contributed by atoms with Gasteiger partial charge in [0.25, 0.3) is 5.91 Å². The number of benzene rings is 2. The van der Waals surface area contributed by atoms with Crippen LogP contribution in [0.5, 0.6) is 5.75 Å². The molecule has 1 fully saturated rings. The summed E-state index contributed by atoms with van der Waals surface area (Å²) >= 11 is 0. The van der Waals surface area contributed by atoms with Gasteiger partial charge < -0.3 is 15.0 Å². The Morgan fingerprint density at radius 1 is 1.08 bits per heavy atom. The zero-order valence-electron chi connectivity index (χ0n) is 14.5. The molecular weight excluding hydrogens is 316 g/mol. The van der Waals surface area contributed by atoms with Gasteiger partial charge in [-0.3, -0.25) is 9.59 Å². The molecule has 1 aliphatic rings. The van der Waals surface area contributed by atoms with Gasteiger partial charge in [-0.2, -0.15) is 0 Å². The summed E-state index contributed by atoms with van der Waals surface area (Å²) < 4.78 is 5.59. The maximum atomic E-state index is 12.7. The summed E-state index contributed by atoms with van der Waals surface area (Å²) in [5, 5.41) is 2.84. The van der Waals surface area contributed by atoms with Crippen molar-refractivity contribution in [3.05, 3.63) is 65.2 Å². The third-order valence-electron chi connectivity index (χ3n) is 4.31. The van der Waals surface area contributed by atoms with Gasteiger partial charge in [-0.05, 0) is 31.5 Å². The SMILES string of the molecule is Cc1ccc(OCC(=O)N2CCNC(=O)C2c2ccc(C)cc2)cc1. The number of amides is 2. The van der Waals surface area contributed by atoms with Crippen LogP contribution in [0.25, 0.3) is 0 Å². The minimum absolute atomic E-state index is 0.0846. The van der Waals surface area contributed by atoms with Gasteiger partial charge >= 0.3 is 0 Å². The molecule has 0 radical (unpaired) electrons. The monoisotopic (exact) mass is 338 g/mol. The second-order valence-corrected chi connectivity index (χ2v) is 6.29. The van der Waals surface area contributed by atoms with Crippen molar-refractivity contribution in [2.75, 3.05) is 19.7 Å². The summed E-state index contributed by atoms with van der Waals surface area (Å²) in [6.07, 6.45) is 0. The normalized spacial score (nSPS) is 17.1. The Morgan fingerprint density at radius 2 is 1.68 bits per heavy atom. The van der Waals surface area contributed by atoms with Crippen LogP contribution in [0.1, 0.15) is 22.7 Å². The molecule has 1 N–H and O–H groups in total. The number of nitrogens with one attached hydrogen (secondary N) is 1. The van der Waals surface area contributed by atoms with E-state index >= 15 is 0 Å². The van der Waals surface area contributed by atoms with Gasteiger partial charge in [0, 0.05) is 13.1 Å². The molecule has 1 aliphatic heterocycles. The highest BCUT2D eigenvalue weighted by Gasteiger charge is 2.34. The number of aryl methyl sites for hydroxylation is 2. The van der Waals surface area contributed by atoms with E-state index in [1.807, 2.05) is 62.4 Å². The maximum absolute atomic E-state index is 12.7. The van der Waals surface area contributed by atoms with Crippen molar-refractivity contribution in [1.29, 1.82) is 0 Å². The van der Waals surface area contributed by atoms with Crippen LogP contribution in [0, 0.1) is 13.8 Å². The van der Waals surface area contributed by atoms with E-state index in [0.717, 1.165) is 16.7 Å². The fourth-order valence-electron chi connectivity index (χ4n) is 2.88. The second kappa shape index (κ2) is 7.38. The lowest BCUT2D eigenvalue weighted by atomic mass is 10.0. The van der Waals surface area contributed by atoms with Crippen LogP contribution in [0.15, 0.2) is 48.5 Å². The first-order chi connectivity index (χ1) is 12.0. The van der Waals surface area contributed by atoms with Crippen molar-refractivity contribution >= 4 is 11.8 Å². The van der Waals surface area contributed by atoms with Crippen molar-refractivity contribution in [2.24, 2.45) is 0 Å². The van der Waals surface area contributed by atoms with Crippen LogP contribution in [0.3, 0.4) is 0 Å². The van der Waals surface area contributed by atoms with Crippen molar-refractivity contribution in [3.8, 4) is 5.75 Å². The molecule has 0 aromatic heterocycles.